The van der Waals surface area contributed by atoms with Gasteiger partial charge in [0.1, 0.15) is 5.75 Å². The Morgan fingerprint density at radius 3 is 2.50 bits per heavy atom. The molecular weight excluding hydrogens is 252 g/mol. The first kappa shape index (κ1) is 15.0. The molecule has 0 aromatic heterocycles. The van der Waals surface area contributed by atoms with Crippen LogP contribution >= 0.6 is 0 Å². The lowest BCUT2D eigenvalue weighted by atomic mass is 10.0. The van der Waals surface area contributed by atoms with E-state index in [2.05, 4.69) is 23.9 Å². The van der Waals surface area contributed by atoms with E-state index >= 15 is 0 Å². The van der Waals surface area contributed by atoms with Crippen LogP contribution in [-0.2, 0) is 0 Å². The number of carbonyl (C=O) groups excluding carboxylic acids is 1. The molecule has 0 radical (unpaired) electrons. The molecule has 1 aromatic rings. The number of hydrogen-bond donors (Lipinski definition) is 0. The average Bonchev–Trinajstić information content (AvgIpc) is 2.96. The van der Waals surface area contributed by atoms with E-state index in [-0.39, 0.29) is 11.8 Å². The van der Waals surface area contributed by atoms with Crippen molar-refractivity contribution in [3.05, 3.63) is 29.8 Å². The predicted molar refractivity (Wildman–Crippen MR) is 80.5 cm³/mol. The lowest BCUT2D eigenvalue weighted by Crippen LogP contribution is -2.39. The van der Waals surface area contributed by atoms with Crippen molar-refractivity contribution in [3.8, 4) is 5.75 Å². The number of carbonyl (C=O) groups is 1. The maximum absolute atomic E-state index is 12.5. The highest BCUT2D eigenvalue weighted by Gasteiger charge is 2.30. The lowest BCUT2D eigenvalue weighted by molar-refractivity contribution is 0.0859. The van der Waals surface area contributed by atoms with E-state index in [1.807, 2.05) is 31.2 Å². The van der Waals surface area contributed by atoms with Crippen LogP contribution in [0, 0.1) is 0 Å². The number of ether oxygens (including phenoxy) is 1. The molecule has 1 aliphatic rings. The van der Waals surface area contributed by atoms with E-state index in [0.717, 1.165) is 30.8 Å². The van der Waals surface area contributed by atoms with Crippen molar-refractivity contribution >= 4 is 5.78 Å². The fourth-order valence-electron chi connectivity index (χ4n) is 2.70. The number of benzene rings is 1. The van der Waals surface area contributed by atoms with Crippen LogP contribution in [0.15, 0.2) is 24.3 Å². The minimum atomic E-state index is -0.0617. The van der Waals surface area contributed by atoms with Gasteiger partial charge in [-0.1, -0.05) is 0 Å². The minimum absolute atomic E-state index is 0.0617. The van der Waals surface area contributed by atoms with Gasteiger partial charge < -0.3 is 9.64 Å². The molecule has 1 aliphatic heterocycles. The maximum Gasteiger partial charge on any atom is 0.179 e. The van der Waals surface area contributed by atoms with Crippen molar-refractivity contribution in [3.63, 3.8) is 0 Å². The summed E-state index contributed by atoms with van der Waals surface area (Å²) in [5, 5.41) is 0. The van der Waals surface area contributed by atoms with Gasteiger partial charge in [-0.25, -0.2) is 0 Å². The summed E-state index contributed by atoms with van der Waals surface area (Å²) < 4.78 is 5.12. The molecule has 0 bridgehead atoms. The highest BCUT2D eigenvalue weighted by Crippen LogP contribution is 2.19. The van der Waals surface area contributed by atoms with E-state index in [9.17, 15) is 4.79 Å². The third-order valence-electron chi connectivity index (χ3n) is 4.23. The Bertz CT molecular complexity index is 456. The summed E-state index contributed by atoms with van der Waals surface area (Å²) >= 11 is 0. The number of methoxy groups -OCH3 is 1. The molecule has 0 amide bonds. The number of likely N-dealkylation sites (N-methyl/N-ethyl adjacent to an activating group) is 1. The number of hydrogen-bond acceptors (Lipinski definition) is 4. The van der Waals surface area contributed by atoms with Gasteiger partial charge in [0.25, 0.3) is 0 Å². The molecule has 0 aliphatic carbocycles. The first-order chi connectivity index (χ1) is 9.52. The number of likely N-dealkylation sites (tertiary alicyclic amines) is 1. The molecule has 20 heavy (non-hydrogen) atoms. The summed E-state index contributed by atoms with van der Waals surface area (Å²) in [4.78, 5) is 17.0. The number of ketones is 1. The zero-order valence-corrected chi connectivity index (χ0v) is 12.8. The number of nitrogens with zero attached hydrogens (tertiary/aromatic N) is 2. The Labute approximate surface area is 121 Å². The lowest BCUT2D eigenvalue weighted by Gasteiger charge is -2.25. The third kappa shape index (κ3) is 3.19. The van der Waals surface area contributed by atoms with Crippen molar-refractivity contribution in [2.75, 3.05) is 34.3 Å². The second kappa shape index (κ2) is 6.37. The summed E-state index contributed by atoms with van der Waals surface area (Å²) in [6, 6.07) is 7.86. The molecule has 4 nitrogen and oxygen atoms in total. The van der Waals surface area contributed by atoms with Crippen LogP contribution in [0.3, 0.4) is 0 Å². The van der Waals surface area contributed by atoms with Gasteiger partial charge in [0.2, 0.25) is 0 Å². The zero-order chi connectivity index (χ0) is 14.7. The molecule has 0 N–H and O–H groups in total. The summed E-state index contributed by atoms with van der Waals surface area (Å²) in [5.41, 5.74) is 0.756. The fourth-order valence-corrected chi connectivity index (χ4v) is 2.70. The molecule has 1 saturated heterocycles. The molecule has 2 unspecified atom stereocenters. The van der Waals surface area contributed by atoms with Crippen molar-refractivity contribution in [2.45, 2.75) is 25.4 Å². The van der Waals surface area contributed by atoms with Crippen molar-refractivity contribution in [1.82, 2.24) is 9.80 Å². The summed E-state index contributed by atoms with van der Waals surface area (Å²) in [6.45, 7) is 3.96. The van der Waals surface area contributed by atoms with Crippen molar-refractivity contribution in [2.24, 2.45) is 0 Å². The highest BCUT2D eigenvalue weighted by molar-refractivity contribution is 5.99. The van der Waals surface area contributed by atoms with Gasteiger partial charge in [-0.3, -0.25) is 9.69 Å². The second-order valence-electron chi connectivity index (χ2n) is 5.67. The van der Waals surface area contributed by atoms with Crippen LogP contribution in [0.2, 0.25) is 0 Å². The predicted octanol–water partition coefficient (Wildman–Crippen LogP) is 1.90. The quantitative estimate of drug-likeness (QED) is 0.769. The first-order valence-electron chi connectivity index (χ1n) is 7.11. The second-order valence-corrected chi connectivity index (χ2v) is 5.67. The van der Waals surface area contributed by atoms with E-state index in [0.29, 0.717) is 6.04 Å². The van der Waals surface area contributed by atoms with Gasteiger partial charge in [0, 0.05) is 24.7 Å². The van der Waals surface area contributed by atoms with Crippen molar-refractivity contribution < 1.29 is 9.53 Å². The molecule has 0 spiro atoms. The standard InChI is InChI=1S/C16H24N2O2/c1-12(18-10-9-14(11-18)17(2)3)16(19)13-5-7-15(20-4)8-6-13/h5-8,12,14H,9-11H2,1-4H3. The minimum Gasteiger partial charge on any atom is -0.497 e. The van der Waals surface area contributed by atoms with E-state index in [1.54, 1.807) is 7.11 Å². The normalized spacial score (nSPS) is 21.1. The summed E-state index contributed by atoms with van der Waals surface area (Å²) in [6.07, 6.45) is 1.13. The Hall–Kier alpha value is -1.39. The summed E-state index contributed by atoms with van der Waals surface area (Å²) in [7, 11) is 5.83. The monoisotopic (exact) mass is 276 g/mol. The molecule has 0 saturated carbocycles. The molecule has 1 fully saturated rings. The summed E-state index contributed by atoms with van der Waals surface area (Å²) in [5.74, 6) is 0.968. The van der Waals surface area contributed by atoms with E-state index < -0.39 is 0 Å². The molecule has 1 aromatic carbocycles. The van der Waals surface area contributed by atoms with Crippen molar-refractivity contribution in [1.29, 1.82) is 0 Å². The Morgan fingerprint density at radius 2 is 2.00 bits per heavy atom. The Morgan fingerprint density at radius 1 is 1.35 bits per heavy atom. The van der Waals surface area contributed by atoms with Crippen LogP contribution in [0.1, 0.15) is 23.7 Å². The fraction of sp³-hybridized carbons (Fsp3) is 0.562. The molecule has 2 rings (SSSR count). The van der Waals surface area contributed by atoms with Crippen LogP contribution < -0.4 is 4.74 Å². The zero-order valence-electron chi connectivity index (χ0n) is 12.8. The van der Waals surface area contributed by atoms with Gasteiger partial charge >= 0.3 is 0 Å². The van der Waals surface area contributed by atoms with Crippen LogP contribution in [0.25, 0.3) is 0 Å². The van der Waals surface area contributed by atoms with Crippen LogP contribution in [-0.4, -0.2) is 62.0 Å². The maximum atomic E-state index is 12.5. The molecule has 4 heteroatoms. The van der Waals surface area contributed by atoms with Crippen LogP contribution in [0.5, 0.6) is 5.75 Å². The van der Waals surface area contributed by atoms with Gasteiger partial charge in [-0.2, -0.15) is 0 Å². The number of rotatable bonds is 5. The Kier molecular flexibility index (Phi) is 4.78. The van der Waals surface area contributed by atoms with Gasteiger partial charge in [0.05, 0.1) is 13.2 Å². The van der Waals surface area contributed by atoms with Gasteiger partial charge in [0.15, 0.2) is 5.78 Å². The molecule has 1 heterocycles. The van der Waals surface area contributed by atoms with E-state index in [1.165, 1.54) is 0 Å². The van der Waals surface area contributed by atoms with E-state index in [4.69, 9.17) is 4.74 Å². The molecule has 2 atom stereocenters. The Balaban J connectivity index is 2.01. The smallest absolute Gasteiger partial charge is 0.179 e. The number of Topliss-reactive ketones (excluding diaryl/α,β-unsaturated/α-hetero) is 1. The SMILES string of the molecule is COc1ccc(C(=O)C(C)N2CCC(N(C)C)C2)cc1. The molecule has 110 valence electrons. The largest absolute Gasteiger partial charge is 0.497 e. The van der Waals surface area contributed by atoms with Crippen LogP contribution in [0.4, 0.5) is 0 Å². The first-order valence-corrected chi connectivity index (χ1v) is 7.11. The average molecular weight is 276 g/mol. The van der Waals surface area contributed by atoms with Gasteiger partial charge in [-0.15, -0.1) is 0 Å². The topological polar surface area (TPSA) is 32.8 Å². The third-order valence-corrected chi connectivity index (χ3v) is 4.23. The molecular formula is C16H24N2O2. The highest BCUT2D eigenvalue weighted by atomic mass is 16.5. The van der Waals surface area contributed by atoms with Gasteiger partial charge in [-0.05, 0) is 51.7 Å².